The van der Waals surface area contributed by atoms with Crippen LogP contribution in [-0.2, 0) is 14.6 Å². The second kappa shape index (κ2) is 8.70. The number of nitrogens with zero attached hydrogens (tertiary/aromatic N) is 4. The quantitative estimate of drug-likeness (QED) is 0.577. The van der Waals surface area contributed by atoms with Gasteiger partial charge in [-0.05, 0) is 44.7 Å². The summed E-state index contributed by atoms with van der Waals surface area (Å²) in [6.45, 7) is 4.01. The Labute approximate surface area is 182 Å². The molecule has 0 spiro atoms. The fourth-order valence-electron chi connectivity index (χ4n) is 3.93. The molecule has 1 aromatic heterocycles. The van der Waals surface area contributed by atoms with Gasteiger partial charge in [-0.25, -0.2) is 18.1 Å². The first-order chi connectivity index (χ1) is 14.4. The third-order valence-electron chi connectivity index (χ3n) is 5.84. The van der Waals surface area contributed by atoms with Crippen LogP contribution < -0.4 is 0 Å². The summed E-state index contributed by atoms with van der Waals surface area (Å²) in [6, 6.07) is 9.71. The highest BCUT2D eigenvalue weighted by Gasteiger charge is 2.36. The third-order valence-corrected chi connectivity index (χ3v) is 8.41. The average molecular weight is 449 g/mol. The van der Waals surface area contributed by atoms with Crippen LogP contribution in [0.3, 0.4) is 0 Å². The van der Waals surface area contributed by atoms with Crippen molar-refractivity contribution in [2.75, 3.05) is 17.3 Å². The molecule has 0 bridgehead atoms. The summed E-state index contributed by atoms with van der Waals surface area (Å²) in [5.41, 5.74) is 0.975. The van der Waals surface area contributed by atoms with Gasteiger partial charge < -0.3 is 4.90 Å². The second-order valence-electron chi connectivity index (χ2n) is 8.18. The number of carbonyl (C=O) groups excluding carboxylic acids is 1. The molecule has 2 aliphatic rings. The SMILES string of the molecule is CC[C@H](C)N(C(=O)CSc1nc(C2CC2)n(-c2ccccc2)n1)[C@@H]1CCS(=O)(=O)C1. The van der Waals surface area contributed by atoms with Gasteiger partial charge in [0.25, 0.3) is 0 Å². The Bertz CT molecular complexity index is 1000. The normalized spacial score (nSPS) is 21.5. The van der Waals surface area contributed by atoms with Crippen molar-refractivity contribution in [2.24, 2.45) is 0 Å². The number of aromatic nitrogens is 3. The summed E-state index contributed by atoms with van der Waals surface area (Å²) in [7, 11) is -3.05. The zero-order valence-corrected chi connectivity index (χ0v) is 19.0. The monoisotopic (exact) mass is 448 g/mol. The Kier molecular flexibility index (Phi) is 6.20. The molecule has 7 nitrogen and oxygen atoms in total. The van der Waals surface area contributed by atoms with Crippen molar-refractivity contribution in [3.05, 3.63) is 36.2 Å². The standard InChI is InChI=1S/C21H28N4O3S2/c1-3-15(2)24(18-11-12-30(27,28)14-18)19(26)13-29-21-22-20(16-9-10-16)25(23-21)17-7-5-4-6-8-17/h4-8,15-16,18H,3,9-14H2,1-2H3/t15-,18+/m0/s1. The van der Waals surface area contributed by atoms with Gasteiger partial charge in [0.1, 0.15) is 5.82 Å². The molecule has 1 amide bonds. The molecule has 2 aromatic rings. The van der Waals surface area contributed by atoms with Crippen molar-refractivity contribution in [2.45, 2.75) is 62.7 Å². The predicted molar refractivity (Wildman–Crippen MR) is 118 cm³/mol. The number of rotatable bonds is 8. The number of hydrogen-bond donors (Lipinski definition) is 0. The zero-order chi connectivity index (χ0) is 21.3. The van der Waals surface area contributed by atoms with Crippen LogP contribution in [0, 0.1) is 0 Å². The minimum atomic E-state index is -3.05. The fraction of sp³-hybridized carbons (Fsp3) is 0.571. The summed E-state index contributed by atoms with van der Waals surface area (Å²) >= 11 is 1.33. The third kappa shape index (κ3) is 4.72. The van der Waals surface area contributed by atoms with Crippen LogP contribution in [0.5, 0.6) is 0 Å². The summed E-state index contributed by atoms with van der Waals surface area (Å²) in [6.07, 6.45) is 3.55. The molecule has 2 heterocycles. The number of hydrogen-bond acceptors (Lipinski definition) is 6. The van der Waals surface area contributed by atoms with Crippen molar-refractivity contribution in [3.63, 3.8) is 0 Å². The molecule has 1 aliphatic carbocycles. The molecule has 0 unspecified atom stereocenters. The number of amides is 1. The van der Waals surface area contributed by atoms with Gasteiger partial charge in [-0.2, -0.15) is 0 Å². The number of carbonyl (C=O) groups is 1. The lowest BCUT2D eigenvalue weighted by molar-refractivity contribution is -0.132. The predicted octanol–water partition coefficient (Wildman–Crippen LogP) is 3.05. The van der Waals surface area contributed by atoms with Crippen LogP contribution in [-0.4, -0.2) is 63.3 Å². The molecule has 1 aromatic carbocycles. The van der Waals surface area contributed by atoms with Crippen molar-refractivity contribution >= 4 is 27.5 Å². The van der Waals surface area contributed by atoms with E-state index in [0.717, 1.165) is 30.8 Å². The lowest BCUT2D eigenvalue weighted by atomic mass is 10.1. The van der Waals surface area contributed by atoms with Crippen LogP contribution in [0.15, 0.2) is 35.5 Å². The second-order valence-corrected chi connectivity index (χ2v) is 11.3. The minimum Gasteiger partial charge on any atom is -0.335 e. The van der Waals surface area contributed by atoms with Gasteiger partial charge in [-0.1, -0.05) is 36.9 Å². The molecule has 0 N–H and O–H groups in total. The average Bonchev–Trinajstić information content (AvgIpc) is 3.40. The van der Waals surface area contributed by atoms with E-state index >= 15 is 0 Å². The Hall–Kier alpha value is -1.87. The molecule has 1 saturated heterocycles. The molecule has 2 atom stereocenters. The highest BCUT2D eigenvalue weighted by molar-refractivity contribution is 7.99. The molecular formula is C21H28N4O3S2. The van der Waals surface area contributed by atoms with E-state index in [9.17, 15) is 13.2 Å². The molecule has 1 saturated carbocycles. The van der Waals surface area contributed by atoms with E-state index in [1.54, 1.807) is 4.90 Å². The Balaban J connectivity index is 1.48. The van der Waals surface area contributed by atoms with E-state index in [0.29, 0.717) is 17.5 Å². The summed E-state index contributed by atoms with van der Waals surface area (Å²) < 4.78 is 25.8. The van der Waals surface area contributed by atoms with E-state index in [-0.39, 0.29) is 35.2 Å². The maximum Gasteiger partial charge on any atom is 0.233 e. The van der Waals surface area contributed by atoms with Crippen molar-refractivity contribution in [1.82, 2.24) is 19.7 Å². The van der Waals surface area contributed by atoms with Gasteiger partial charge in [0.2, 0.25) is 11.1 Å². The molecule has 2 fully saturated rings. The summed E-state index contributed by atoms with van der Waals surface area (Å²) in [4.78, 5) is 19.6. The van der Waals surface area contributed by atoms with Gasteiger partial charge in [-0.3, -0.25) is 4.79 Å². The van der Waals surface area contributed by atoms with Crippen molar-refractivity contribution < 1.29 is 13.2 Å². The summed E-state index contributed by atoms with van der Waals surface area (Å²) in [5.74, 6) is 1.80. The van der Waals surface area contributed by atoms with E-state index in [1.165, 1.54) is 11.8 Å². The number of para-hydroxylation sites is 1. The van der Waals surface area contributed by atoms with Gasteiger partial charge in [0.05, 0.1) is 22.9 Å². The Morgan fingerprint density at radius 2 is 2.00 bits per heavy atom. The van der Waals surface area contributed by atoms with Gasteiger partial charge in [-0.15, -0.1) is 5.10 Å². The van der Waals surface area contributed by atoms with Crippen LogP contribution >= 0.6 is 11.8 Å². The van der Waals surface area contributed by atoms with E-state index in [1.807, 2.05) is 48.9 Å². The van der Waals surface area contributed by atoms with Crippen LogP contribution in [0.1, 0.15) is 51.3 Å². The lowest BCUT2D eigenvalue weighted by Crippen LogP contribution is -2.47. The molecule has 30 heavy (non-hydrogen) atoms. The van der Waals surface area contributed by atoms with E-state index in [2.05, 4.69) is 5.10 Å². The molecule has 1 aliphatic heterocycles. The smallest absolute Gasteiger partial charge is 0.233 e. The first-order valence-corrected chi connectivity index (χ1v) is 13.4. The minimum absolute atomic E-state index is 0.00765. The van der Waals surface area contributed by atoms with Crippen molar-refractivity contribution in [1.29, 1.82) is 0 Å². The van der Waals surface area contributed by atoms with Crippen LogP contribution in [0.2, 0.25) is 0 Å². The molecule has 162 valence electrons. The van der Waals surface area contributed by atoms with Crippen LogP contribution in [0.4, 0.5) is 0 Å². The fourth-order valence-corrected chi connectivity index (χ4v) is 6.34. The lowest BCUT2D eigenvalue weighted by Gasteiger charge is -2.33. The van der Waals surface area contributed by atoms with Crippen molar-refractivity contribution in [3.8, 4) is 5.69 Å². The van der Waals surface area contributed by atoms with Gasteiger partial charge >= 0.3 is 0 Å². The first-order valence-electron chi connectivity index (χ1n) is 10.5. The summed E-state index contributed by atoms with van der Waals surface area (Å²) in [5, 5.41) is 5.26. The molecule has 0 radical (unpaired) electrons. The Morgan fingerprint density at radius 1 is 1.27 bits per heavy atom. The Morgan fingerprint density at radius 3 is 2.60 bits per heavy atom. The van der Waals surface area contributed by atoms with Gasteiger partial charge in [0, 0.05) is 18.0 Å². The number of sulfone groups is 1. The molecular weight excluding hydrogens is 420 g/mol. The van der Waals surface area contributed by atoms with E-state index in [4.69, 9.17) is 4.98 Å². The topological polar surface area (TPSA) is 85.2 Å². The highest BCUT2D eigenvalue weighted by Crippen LogP contribution is 2.40. The van der Waals surface area contributed by atoms with E-state index < -0.39 is 9.84 Å². The maximum absolute atomic E-state index is 13.1. The highest BCUT2D eigenvalue weighted by atomic mass is 32.2. The van der Waals surface area contributed by atoms with Crippen LogP contribution in [0.25, 0.3) is 5.69 Å². The molecule has 9 heteroatoms. The number of benzene rings is 1. The first kappa shape index (κ1) is 21.4. The maximum atomic E-state index is 13.1. The largest absolute Gasteiger partial charge is 0.335 e. The zero-order valence-electron chi connectivity index (χ0n) is 17.4. The number of thioether (sulfide) groups is 1. The molecule has 4 rings (SSSR count). The van der Waals surface area contributed by atoms with Gasteiger partial charge in [0.15, 0.2) is 9.84 Å².